The van der Waals surface area contributed by atoms with Gasteiger partial charge in [0.1, 0.15) is 5.01 Å². The number of nitrogens with zero attached hydrogens (tertiary/aromatic N) is 3. The van der Waals surface area contributed by atoms with Gasteiger partial charge < -0.3 is 5.32 Å². The Hall–Kier alpha value is -2.29. The van der Waals surface area contributed by atoms with Crippen molar-refractivity contribution < 1.29 is 9.59 Å². The van der Waals surface area contributed by atoms with Crippen LogP contribution in [-0.2, 0) is 11.3 Å². The third kappa shape index (κ3) is 5.10. The molecule has 7 nitrogen and oxygen atoms in total. The van der Waals surface area contributed by atoms with Gasteiger partial charge in [-0.25, -0.2) is 9.78 Å². The van der Waals surface area contributed by atoms with Gasteiger partial charge >= 0.3 is 6.03 Å². The molecule has 26 heavy (non-hydrogen) atoms. The van der Waals surface area contributed by atoms with Crippen molar-refractivity contribution in [2.75, 3.05) is 39.8 Å². The number of urea groups is 1. The first-order chi connectivity index (χ1) is 12.6. The van der Waals surface area contributed by atoms with Crippen molar-refractivity contribution in [3.05, 3.63) is 41.4 Å². The molecule has 2 heterocycles. The van der Waals surface area contributed by atoms with Crippen LogP contribution in [0.3, 0.4) is 0 Å². The summed E-state index contributed by atoms with van der Waals surface area (Å²) in [5.74, 6) is -0.273. The topological polar surface area (TPSA) is 77.6 Å². The van der Waals surface area contributed by atoms with Gasteiger partial charge in [-0.1, -0.05) is 30.3 Å². The maximum absolute atomic E-state index is 11.8. The number of carbonyl (C=O) groups is 2. The normalized spacial score (nSPS) is 15.6. The van der Waals surface area contributed by atoms with E-state index in [2.05, 4.69) is 37.9 Å². The Bertz CT molecular complexity index is 741. The fourth-order valence-electron chi connectivity index (χ4n) is 2.86. The van der Waals surface area contributed by atoms with Crippen LogP contribution in [0.2, 0.25) is 0 Å². The maximum Gasteiger partial charge on any atom is 0.321 e. The lowest BCUT2D eigenvalue weighted by atomic mass is 10.2. The van der Waals surface area contributed by atoms with E-state index in [0.29, 0.717) is 0 Å². The zero-order valence-electron chi connectivity index (χ0n) is 14.8. The van der Waals surface area contributed by atoms with E-state index in [1.165, 1.54) is 7.05 Å². The van der Waals surface area contributed by atoms with Crippen molar-refractivity contribution in [1.29, 1.82) is 0 Å². The molecule has 2 N–H and O–H groups in total. The van der Waals surface area contributed by atoms with E-state index < -0.39 is 6.03 Å². The van der Waals surface area contributed by atoms with E-state index in [0.717, 1.165) is 49.0 Å². The summed E-state index contributed by atoms with van der Waals surface area (Å²) < 4.78 is 0. The standard InChI is InChI=1S/C18H23N5O2S/c1-19-18(25)21-16(24)12-23-9-7-22(8-10-23)11-15-13-26-17(20-15)14-5-3-2-4-6-14/h2-6,13H,7-12H2,1H3,(H2,19,21,24,25). The highest BCUT2D eigenvalue weighted by molar-refractivity contribution is 7.13. The minimum Gasteiger partial charge on any atom is -0.341 e. The summed E-state index contributed by atoms with van der Waals surface area (Å²) in [6.45, 7) is 4.43. The SMILES string of the molecule is CNC(=O)NC(=O)CN1CCN(Cc2csc(-c3ccccc3)n2)CC1. The number of hydrogen-bond donors (Lipinski definition) is 2. The van der Waals surface area contributed by atoms with Crippen LogP contribution < -0.4 is 10.6 Å². The van der Waals surface area contributed by atoms with Gasteiger partial charge in [-0.3, -0.25) is 19.9 Å². The van der Waals surface area contributed by atoms with Crippen LogP contribution in [0.4, 0.5) is 4.79 Å². The summed E-state index contributed by atoms with van der Waals surface area (Å²) in [6, 6.07) is 9.74. The summed E-state index contributed by atoms with van der Waals surface area (Å²) in [6.07, 6.45) is 0. The molecule has 1 aliphatic heterocycles. The molecule has 1 aromatic heterocycles. The molecule has 0 bridgehead atoms. The van der Waals surface area contributed by atoms with Crippen LogP contribution in [-0.4, -0.2) is 66.5 Å². The van der Waals surface area contributed by atoms with E-state index in [-0.39, 0.29) is 12.5 Å². The molecule has 8 heteroatoms. The van der Waals surface area contributed by atoms with Gasteiger partial charge in [0.25, 0.3) is 0 Å². The number of rotatable bonds is 5. The third-order valence-corrected chi connectivity index (χ3v) is 5.21. The molecule has 3 rings (SSSR count). The van der Waals surface area contributed by atoms with Crippen LogP contribution in [0.5, 0.6) is 0 Å². The molecule has 1 aromatic carbocycles. The Labute approximate surface area is 157 Å². The molecular formula is C18H23N5O2S. The highest BCUT2D eigenvalue weighted by atomic mass is 32.1. The van der Waals surface area contributed by atoms with E-state index in [4.69, 9.17) is 4.98 Å². The number of amides is 3. The van der Waals surface area contributed by atoms with Crippen LogP contribution in [0.15, 0.2) is 35.7 Å². The van der Waals surface area contributed by atoms with Gasteiger partial charge in [0.05, 0.1) is 12.2 Å². The smallest absolute Gasteiger partial charge is 0.321 e. The summed E-state index contributed by atoms with van der Waals surface area (Å²) in [4.78, 5) is 32.0. The zero-order chi connectivity index (χ0) is 18.4. The van der Waals surface area contributed by atoms with Gasteiger partial charge in [-0.2, -0.15) is 0 Å². The molecule has 138 valence electrons. The molecule has 0 spiro atoms. The highest BCUT2D eigenvalue weighted by Gasteiger charge is 2.20. The van der Waals surface area contributed by atoms with Gasteiger partial charge in [-0.15, -0.1) is 11.3 Å². The maximum atomic E-state index is 11.8. The Morgan fingerprint density at radius 2 is 1.81 bits per heavy atom. The fraction of sp³-hybridized carbons (Fsp3) is 0.389. The predicted octanol–water partition coefficient (Wildman–Crippen LogP) is 1.38. The lowest BCUT2D eigenvalue weighted by Gasteiger charge is -2.33. The largest absolute Gasteiger partial charge is 0.341 e. The second-order valence-electron chi connectivity index (χ2n) is 6.19. The molecule has 3 amide bonds. The number of imide groups is 1. The third-order valence-electron chi connectivity index (χ3n) is 4.27. The number of benzene rings is 1. The van der Waals surface area contributed by atoms with Crippen LogP contribution in [0.25, 0.3) is 10.6 Å². The molecule has 0 saturated carbocycles. The van der Waals surface area contributed by atoms with E-state index in [1.807, 2.05) is 18.2 Å². The molecular weight excluding hydrogens is 350 g/mol. The summed E-state index contributed by atoms with van der Waals surface area (Å²) in [5.41, 5.74) is 2.23. The minimum atomic E-state index is -0.466. The summed E-state index contributed by atoms with van der Waals surface area (Å²) >= 11 is 1.67. The number of thiazole rings is 1. The average Bonchev–Trinajstić information content (AvgIpc) is 3.12. The monoisotopic (exact) mass is 373 g/mol. The van der Waals surface area contributed by atoms with E-state index >= 15 is 0 Å². The molecule has 0 aliphatic carbocycles. The Balaban J connectivity index is 1.45. The molecule has 0 atom stereocenters. The number of carbonyl (C=O) groups excluding carboxylic acids is 2. The first-order valence-electron chi connectivity index (χ1n) is 8.60. The van der Waals surface area contributed by atoms with Crippen LogP contribution in [0, 0.1) is 0 Å². The first kappa shape index (κ1) is 18.5. The van der Waals surface area contributed by atoms with Crippen molar-refractivity contribution in [3.8, 4) is 10.6 Å². The molecule has 1 fully saturated rings. The highest BCUT2D eigenvalue weighted by Crippen LogP contribution is 2.24. The van der Waals surface area contributed by atoms with Crippen LogP contribution >= 0.6 is 11.3 Å². The second kappa shape index (κ2) is 8.88. The van der Waals surface area contributed by atoms with Gasteiger partial charge in [0.2, 0.25) is 5.91 Å². The van der Waals surface area contributed by atoms with Gasteiger partial charge in [-0.05, 0) is 0 Å². The van der Waals surface area contributed by atoms with Crippen molar-refractivity contribution >= 4 is 23.3 Å². The van der Waals surface area contributed by atoms with Crippen LogP contribution in [0.1, 0.15) is 5.69 Å². The average molecular weight is 373 g/mol. The number of aromatic nitrogens is 1. The van der Waals surface area contributed by atoms with Crippen molar-refractivity contribution in [2.45, 2.75) is 6.54 Å². The first-order valence-corrected chi connectivity index (χ1v) is 9.48. The van der Waals surface area contributed by atoms with Crippen molar-refractivity contribution in [2.24, 2.45) is 0 Å². The number of nitrogens with one attached hydrogen (secondary N) is 2. The minimum absolute atomic E-state index is 0.246. The Morgan fingerprint density at radius 3 is 2.50 bits per heavy atom. The lowest BCUT2D eigenvalue weighted by molar-refractivity contribution is -0.121. The van der Waals surface area contributed by atoms with E-state index in [9.17, 15) is 9.59 Å². The molecule has 0 unspecified atom stereocenters. The zero-order valence-corrected chi connectivity index (χ0v) is 15.6. The quantitative estimate of drug-likeness (QED) is 0.828. The lowest BCUT2D eigenvalue weighted by Crippen LogP contribution is -2.50. The van der Waals surface area contributed by atoms with Gasteiger partial charge in [0, 0.05) is 50.7 Å². The van der Waals surface area contributed by atoms with Crippen molar-refractivity contribution in [3.63, 3.8) is 0 Å². The van der Waals surface area contributed by atoms with E-state index in [1.54, 1.807) is 11.3 Å². The Morgan fingerprint density at radius 1 is 1.12 bits per heavy atom. The molecule has 2 aromatic rings. The molecule has 1 saturated heterocycles. The summed E-state index contributed by atoms with van der Waals surface area (Å²) in [5, 5.41) is 7.83. The molecule has 1 aliphatic rings. The second-order valence-corrected chi connectivity index (χ2v) is 7.05. The van der Waals surface area contributed by atoms with Gasteiger partial charge in [0.15, 0.2) is 0 Å². The summed E-state index contributed by atoms with van der Waals surface area (Å²) in [7, 11) is 1.49. The number of hydrogen-bond acceptors (Lipinski definition) is 6. The number of piperazine rings is 1. The fourth-order valence-corrected chi connectivity index (χ4v) is 3.68. The Kier molecular flexibility index (Phi) is 6.32. The van der Waals surface area contributed by atoms with Crippen molar-refractivity contribution in [1.82, 2.24) is 25.4 Å². The predicted molar refractivity (Wildman–Crippen MR) is 102 cm³/mol. The molecule has 0 radical (unpaired) electrons.